The van der Waals surface area contributed by atoms with Crippen LogP contribution in [0.25, 0.3) is 0 Å². The molecule has 1 aromatic carbocycles. The van der Waals surface area contributed by atoms with Crippen LogP contribution in [0.1, 0.15) is 147 Å². The molecule has 3 aromatic rings. The van der Waals surface area contributed by atoms with Gasteiger partial charge in [0.25, 0.3) is 17.6 Å². The first-order valence-electron chi connectivity index (χ1n) is 34.6. The molecule has 1 aliphatic carbocycles. The van der Waals surface area contributed by atoms with Gasteiger partial charge in [-0.05, 0) is 132 Å². The minimum Gasteiger partial charge on any atom is -0.460 e. The van der Waals surface area contributed by atoms with Crippen molar-refractivity contribution in [2.45, 2.75) is 194 Å². The summed E-state index contributed by atoms with van der Waals surface area (Å²) in [6.45, 7) is 20.8. The maximum Gasteiger partial charge on any atom is 0.329 e. The average Bonchev–Trinajstić information content (AvgIpc) is 0.879. The first-order valence-corrected chi connectivity index (χ1v) is 35.8. The van der Waals surface area contributed by atoms with Gasteiger partial charge in [-0.1, -0.05) is 106 Å². The number of aliphatic hydroxyl groups is 4. The summed E-state index contributed by atoms with van der Waals surface area (Å²) in [5, 5.41) is 50.1. The highest BCUT2D eigenvalue weighted by Crippen LogP contribution is 2.39. The van der Waals surface area contributed by atoms with Crippen LogP contribution in [0, 0.1) is 49.4 Å². The summed E-state index contributed by atoms with van der Waals surface area (Å²) < 4.78 is 29.4. The molecular weight excluding hydrogens is 1300 g/mol. The summed E-state index contributed by atoms with van der Waals surface area (Å²) >= 11 is 7.46. The van der Waals surface area contributed by atoms with Crippen LogP contribution < -0.4 is 15.5 Å². The van der Waals surface area contributed by atoms with E-state index in [0.29, 0.717) is 102 Å². The van der Waals surface area contributed by atoms with E-state index in [1.54, 1.807) is 47.1 Å². The maximum atomic E-state index is 14.4. The zero-order valence-corrected chi connectivity index (χ0v) is 60.7. The number of hydrogen-bond donors (Lipinski definition) is 6. The number of esters is 1. The van der Waals surface area contributed by atoms with Crippen molar-refractivity contribution in [2.24, 2.45) is 35.5 Å². The van der Waals surface area contributed by atoms with Crippen molar-refractivity contribution in [2.75, 3.05) is 82.7 Å². The van der Waals surface area contributed by atoms with Gasteiger partial charge in [0.15, 0.2) is 10.9 Å². The van der Waals surface area contributed by atoms with Gasteiger partial charge in [-0.2, -0.15) is 0 Å². The fraction of sp³-hybridized carbons (Fsp3) is 0.630. The van der Waals surface area contributed by atoms with Gasteiger partial charge in [-0.15, -0.1) is 0 Å². The number of anilines is 4. The number of piperidine rings is 1. The lowest BCUT2D eigenvalue weighted by molar-refractivity contribution is -0.265. The molecule has 2 amide bonds. The lowest BCUT2D eigenvalue weighted by atomic mass is 9.78. The van der Waals surface area contributed by atoms with E-state index < -0.39 is 83.9 Å². The number of ketones is 3. The largest absolute Gasteiger partial charge is 0.460 e. The van der Waals surface area contributed by atoms with Crippen LogP contribution in [-0.2, 0) is 47.7 Å². The predicted molar refractivity (Wildman–Crippen MR) is 377 cm³/mol. The van der Waals surface area contributed by atoms with Crippen molar-refractivity contribution in [3.63, 3.8) is 0 Å². The molecule has 2 aromatic heterocycles. The number of Topliss-reactive ketones (excluding diaryl/α,β-unsaturated/α-hetero) is 3. The lowest BCUT2D eigenvalue weighted by Gasteiger charge is -2.42. The van der Waals surface area contributed by atoms with Gasteiger partial charge in [0, 0.05) is 97.3 Å². The smallest absolute Gasteiger partial charge is 0.329 e. The summed E-state index contributed by atoms with van der Waals surface area (Å²) in [6.07, 6.45) is 12.7. The number of thiazole rings is 1. The second-order valence-corrected chi connectivity index (χ2v) is 28.8. The number of aromatic nitrogens is 3. The number of β-amino-alcohol motifs (C(OH)–C–C–N with tert-alkyl or cyclic N) is 1. The SMILES string of the molecule is CO[C@H]1C[C@@H]2CC[C@@H](C)[C@@](O)(O2)C(=O)C(=O)N2CCCC[C@H]2C(=O)O[C@H]([C@H](C)C[C@@H]2CC[C@@H](O)[C@H](OC)C2)CC(=O)[C@H](C)/C=C(\C)[C@@H](O)[C@@H](OC)C(=O)[C@H](C)C[C@H](C)/C=C/C=C/C=C/1C.Cc1nc(Nc2ncc(C(=O)Nc3c(C)cccc3Cl)s2)cc(N2CCN(CCO)CC2)n1. The number of rotatable bonds is 13. The molecule has 4 fully saturated rings. The number of hydrogen-bond acceptors (Lipinski definition) is 22. The Morgan fingerprint density at radius 3 is 2.31 bits per heavy atom. The first-order chi connectivity index (χ1) is 46.7. The van der Waals surface area contributed by atoms with Gasteiger partial charge in [0.05, 0.1) is 47.9 Å². The second-order valence-electron chi connectivity index (χ2n) is 27.3. The molecule has 25 heteroatoms. The topological polar surface area (TPSA) is 302 Å². The van der Waals surface area contributed by atoms with Crippen LogP contribution in [0.15, 0.2) is 78.1 Å². The number of aliphatic hydroxyl groups excluding tert-OH is 3. The third-order valence-electron chi connectivity index (χ3n) is 19.8. The average molecular weight is 1400 g/mol. The van der Waals surface area contributed by atoms with Gasteiger partial charge in [0.1, 0.15) is 52.5 Å². The number of allylic oxidation sites excluding steroid dienone is 6. The van der Waals surface area contributed by atoms with Gasteiger partial charge < -0.3 is 64.5 Å². The molecule has 1 saturated carbocycles. The number of ether oxygens (including phenoxy) is 5. The zero-order chi connectivity index (χ0) is 71.5. The molecule has 98 heavy (non-hydrogen) atoms. The predicted octanol–water partition coefficient (Wildman–Crippen LogP) is 9.49. The van der Waals surface area contributed by atoms with Gasteiger partial charge in [0.2, 0.25) is 5.79 Å². The highest BCUT2D eigenvalue weighted by Gasteiger charge is 2.53. The van der Waals surface area contributed by atoms with Crippen LogP contribution in [0.5, 0.6) is 0 Å². The molecule has 2 bridgehead atoms. The Labute approximate surface area is 586 Å². The Hall–Kier alpha value is -6.16. The first kappa shape index (κ1) is 79.2. The normalized spacial score (nSPS) is 31.6. The molecule has 15 atom stereocenters. The van der Waals surface area contributed by atoms with Crippen molar-refractivity contribution in [3.8, 4) is 0 Å². The van der Waals surface area contributed by atoms with Crippen LogP contribution in [0.4, 0.5) is 22.5 Å². The Bertz CT molecular complexity index is 3300. The molecule has 23 nitrogen and oxygen atoms in total. The third kappa shape index (κ3) is 21.4. The molecule has 540 valence electrons. The van der Waals surface area contributed by atoms with E-state index in [0.717, 1.165) is 49.6 Å². The number of cyclic esters (lactones) is 1. The molecule has 6 N–H and O–H groups in total. The number of piperazine rings is 1. The van der Waals surface area contributed by atoms with E-state index in [1.165, 1.54) is 29.5 Å². The van der Waals surface area contributed by atoms with E-state index >= 15 is 0 Å². The molecule has 6 heterocycles. The van der Waals surface area contributed by atoms with Gasteiger partial charge >= 0.3 is 5.97 Å². The minimum atomic E-state index is -2.43. The highest BCUT2D eigenvalue weighted by molar-refractivity contribution is 7.17. The number of benzene rings is 1. The molecule has 8 rings (SSSR count). The van der Waals surface area contributed by atoms with Crippen molar-refractivity contribution in [3.05, 3.63) is 99.4 Å². The van der Waals surface area contributed by atoms with Crippen molar-refractivity contribution in [1.82, 2.24) is 24.8 Å². The molecular formula is C73H105ClN8O15S. The number of carbonyl (C=O) groups is 6. The number of halogens is 1. The number of nitrogens with zero attached hydrogens (tertiary/aromatic N) is 6. The number of methoxy groups -OCH3 is 3. The zero-order valence-electron chi connectivity index (χ0n) is 59.1. The van der Waals surface area contributed by atoms with Crippen LogP contribution in [-0.4, -0.2) is 202 Å². The number of fused-ring (bicyclic) bond motifs is 3. The van der Waals surface area contributed by atoms with Gasteiger partial charge in [-0.3, -0.25) is 28.9 Å². The number of aryl methyl sites for hydroxylation is 2. The Morgan fingerprint density at radius 2 is 1.61 bits per heavy atom. The number of amides is 2. The fourth-order valence-electron chi connectivity index (χ4n) is 13.7. The molecule has 4 aliphatic heterocycles. The number of para-hydroxylation sites is 1. The molecule has 5 aliphatic rings. The molecule has 0 radical (unpaired) electrons. The standard InChI is InChI=1S/C51H79NO13.C22H26ClN7O2S/c1-30-16-12-11-13-17-31(2)42(61-8)28-38-21-19-36(7)51(60,65-38)48(57)49(58)52-23-15-14-18-39(52)50(59)64-43(33(4)26-37-20-22-40(53)44(27-37)62-9)29-41(54)32(3)25-35(6)46(56)47(63-10)45(55)34(5)24-30;1-14-4-3-5-16(23)20(14)28-21(32)17-13-24-22(33-17)27-18-12-19(26-15(2)25-18)30-8-6-29(7-9-30)10-11-31/h11-13,16-17,25,30,32-34,36-40,42-44,46-47,53,56,60H,14-15,18-24,26-29H2,1-10H3;3-5,12-13,31H,6-11H2,1-2H3,(H,28,32)(H,24,25,26,27)/b13-11+,16-12+,31-17+,35-25+;/t30-,32-,33-,34-,36-,37+,38+,39+,40-,42+,43+,44-,46-,47+,51-;/m1./s1. The molecule has 3 saturated heterocycles. The summed E-state index contributed by atoms with van der Waals surface area (Å²) in [5.41, 5.74) is 2.75. The van der Waals surface area contributed by atoms with E-state index in [1.807, 2.05) is 90.1 Å². The Morgan fingerprint density at radius 1 is 0.867 bits per heavy atom. The van der Waals surface area contributed by atoms with Crippen LogP contribution >= 0.6 is 22.9 Å². The Kier molecular flexibility index (Phi) is 30.3. The van der Waals surface area contributed by atoms with E-state index in [-0.39, 0.29) is 67.3 Å². The summed E-state index contributed by atoms with van der Waals surface area (Å²) in [4.78, 5) is 103. The highest BCUT2D eigenvalue weighted by atomic mass is 35.5. The van der Waals surface area contributed by atoms with Crippen molar-refractivity contribution in [1.29, 1.82) is 0 Å². The van der Waals surface area contributed by atoms with Gasteiger partial charge in [-0.25, -0.2) is 19.7 Å². The summed E-state index contributed by atoms with van der Waals surface area (Å²) in [6, 6.07) is 6.23. The van der Waals surface area contributed by atoms with Crippen LogP contribution in [0.2, 0.25) is 5.02 Å². The molecule has 0 unspecified atom stereocenters. The van der Waals surface area contributed by atoms with E-state index in [9.17, 15) is 44.1 Å². The number of carbonyl (C=O) groups excluding carboxylic acids is 6. The Balaban J connectivity index is 0.000000340. The summed E-state index contributed by atoms with van der Waals surface area (Å²) in [7, 11) is 4.52. The molecule has 0 spiro atoms. The van der Waals surface area contributed by atoms with E-state index in [2.05, 4.69) is 35.4 Å². The maximum absolute atomic E-state index is 14.4. The van der Waals surface area contributed by atoms with E-state index in [4.69, 9.17) is 40.4 Å². The minimum absolute atomic E-state index is 0.0193. The summed E-state index contributed by atoms with van der Waals surface area (Å²) in [5.74, 6) is -6.11. The van der Waals surface area contributed by atoms with Crippen LogP contribution in [0.3, 0.4) is 0 Å². The van der Waals surface area contributed by atoms with Crippen molar-refractivity contribution >= 4 is 80.5 Å². The fourth-order valence-corrected chi connectivity index (χ4v) is 14.7. The second kappa shape index (κ2) is 37.5. The third-order valence-corrected chi connectivity index (χ3v) is 21.1. The van der Waals surface area contributed by atoms with Crippen molar-refractivity contribution < 1.29 is 72.9 Å². The number of nitrogens with one attached hydrogen (secondary N) is 2. The lowest BCUT2D eigenvalue weighted by Crippen LogP contribution is -2.61. The monoisotopic (exact) mass is 1400 g/mol. The quantitative estimate of drug-likeness (QED) is 0.0527.